The minimum Gasteiger partial charge on any atom is -0.595 e. The molecule has 7 nitrogen and oxygen atoms in total. The van der Waals surface area contributed by atoms with Crippen molar-refractivity contribution >= 4 is 23.6 Å². The maximum absolute atomic E-state index is 12.1. The minimum atomic E-state index is -1.04. The monoisotopic (exact) mass is 362 g/mol. The summed E-state index contributed by atoms with van der Waals surface area (Å²) in [7, 11) is 0. The van der Waals surface area contributed by atoms with Gasteiger partial charge in [-0.15, -0.1) is 0 Å². The SMILES string of the molecule is O=C1OC(c2ccccc2)=NC1=Cc1ccc(-c2ccccc2[NH+]([O-])O)o1. The lowest BCUT2D eigenvalue weighted by atomic mass is 10.1. The highest BCUT2D eigenvalue weighted by Gasteiger charge is 2.24. The third-order valence-electron chi connectivity index (χ3n) is 3.97. The number of hydrogen-bond acceptors (Lipinski definition) is 6. The van der Waals surface area contributed by atoms with Gasteiger partial charge in [-0.25, -0.2) is 15.0 Å². The highest BCUT2D eigenvalue weighted by Crippen LogP contribution is 2.28. The topological polar surface area (TPSA) is 99.5 Å². The van der Waals surface area contributed by atoms with Crippen LogP contribution in [0.3, 0.4) is 0 Å². The van der Waals surface area contributed by atoms with Crippen LogP contribution in [0.2, 0.25) is 0 Å². The molecule has 1 unspecified atom stereocenters. The van der Waals surface area contributed by atoms with Crippen LogP contribution in [0.4, 0.5) is 5.69 Å². The van der Waals surface area contributed by atoms with Crippen molar-refractivity contribution in [3.8, 4) is 11.3 Å². The van der Waals surface area contributed by atoms with Crippen LogP contribution in [0, 0.1) is 5.21 Å². The Bertz CT molecular complexity index is 1050. The molecule has 3 aromatic rings. The highest BCUT2D eigenvalue weighted by atomic mass is 16.8. The smallest absolute Gasteiger partial charge is 0.363 e. The molecule has 0 saturated carbocycles. The Hall–Kier alpha value is -3.52. The summed E-state index contributed by atoms with van der Waals surface area (Å²) in [6.45, 7) is 0. The maximum atomic E-state index is 12.1. The molecule has 7 heteroatoms. The fourth-order valence-electron chi connectivity index (χ4n) is 2.71. The zero-order valence-corrected chi connectivity index (χ0v) is 14.0. The van der Waals surface area contributed by atoms with E-state index in [2.05, 4.69) is 4.99 Å². The molecule has 0 saturated heterocycles. The molecule has 1 aromatic heterocycles. The lowest BCUT2D eigenvalue weighted by Gasteiger charge is -2.14. The quantitative estimate of drug-likeness (QED) is 0.422. The molecule has 0 amide bonds. The van der Waals surface area contributed by atoms with Gasteiger partial charge in [0, 0.05) is 17.7 Å². The van der Waals surface area contributed by atoms with E-state index in [0.29, 0.717) is 22.6 Å². The van der Waals surface area contributed by atoms with Gasteiger partial charge in [0.1, 0.15) is 11.5 Å². The molecule has 2 aromatic carbocycles. The van der Waals surface area contributed by atoms with E-state index in [0.717, 1.165) is 0 Å². The molecular weight excluding hydrogens is 348 g/mol. The van der Waals surface area contributed by atoms with Gasteiger partial charge < -0.3 is 14.4 Å². The number of nitrogens with zero attached hydrogens (tertiary/aromatic N) is 1. The van der Waals surface area contributed by atoms with Crippen LogP contribution in [0.5, 0.6) is 0 Å². The highest BCUT2D eigenvalue weighted by molar-refractivity contribution is 6.12. The summed E-state index contributed by atoms with van der Waals surface area (Å²) in [5.41, 5.74) is 1.40. The van der Waals surface area contributed by atoms with Gasteiger partial charge in [0.05, 0.1) is 5.56 Å². The van der Waals surface area contributed by atoms with Gasteiger partial charge in [0.25, 0.3) is 0 Å². The van der Waals surface area contributed by atoms with Crippen molar-refractivity contribution in [3.05, 3.63) is 89.0 Å². The van der Waals surface area contributed by atoms with E-state index in [1.165, 1.54) is 12.1 Å². The van der Waals surface area contributed by atoms with E-state index < -0.39 is 11.2 Å². The molecule has 4 rings (SSSR count). The van der Waals surface area contributed by atoms with Crippen LogP contribution in [-0.2, 0) is 9.53 Å². The van der Waals surface area contributed by atoms with E-state index in [9.17, 15) is 15.2 Å². The number of rotatable bonds is 4. The number of aliphatic imine (C=N–C) groups is 1. The van der Waals surface area contributed by atoms with Crippen LogP contribution in [0.15, 0.2) is 81.8 Å². The number of benzene rings is 2. The van der Waals surface area contributed by atoms with Gasteiger partial charge in [0.15, 0.2) is 11.4 Å². The molecule has 0 bridgehead atoms. The molecule has 0 fully saturated rings. The zero-order valence-electron chi connectivity index (χ0n) is 14.0. The lowest BCUT2D eigenvalue weighted by molar-refractivity contribution is -0.991. The van der Waals surface area contributed by atoms with E-state index in [-0.39, 0.29) is 17.3 Å². The first-order chi connectivity index (χ1) is 13.1. The molecule has 0 aliphatic carbocycles. The summed E-state index contributed by atoms with van der Waals surface area (Å²) in [4.78, 5) is 16.3. The van der Waals surface area contributed by atoms with Crippen molar-refractivity contribution in [1.29, 1.82) is 0 Å². The van der Waals surface area contributed by atoms with Gasteiger partial charge >= 0.3 is 5.97 Å². The fraction of sp³-hybridized carbons (Fsp3) is 0. The first-order valence-electron chi connectivity index (χ1n) is 8.12. The number of carbonyl (C=O) groups excluding carboxylic acids is 1. The number of esters is 1. The minimum absolute atomic E-state index is 0.112. The molecule has 134 valence electrons. The lowest BCUT2D eigenvalue weighted by Crippen LogP contribution is -2.99. The van der Waals surface area contributed by atoms with Gasteiger partial charge in [0.2, 0.25) is 5.90 Å². The number of ether oxygens (including phenoxy) is 1. The van der Waals surface area contributed by atoms with Gasteiger partial charge in [-0.1, -0.05) is 30.3 Å². The summed E-state index contributed by atoms with van der Waals surface area (Å²) in [5, 5.41) is 19.6. The van der Waals surface area contributed by atoms with E-state index in [1.807, 2.05) is 18.2 Å². The summed E-state index contributed by atoms with van der Waals surface area (Å²) in [5.74, 6) is 0.418. The standard InChI is InChI=1S/C20H14N2O5/c23-20-16(21-19(27-20)13-6-2-1-3-7-13)12-14-10-11-18(26-14)15-8-4-5-9-17(15)22(24)25/h1-12,22,24H. The van der Waals surface area contributed by atoms with Crippen molar-refractivity contribution in [2.24, 2.45) is 4.99 Å². The van der Waals surface area contributed by atoms with Crippen molar-refractivity contribution in [2.75, 3.05) is 0 Å². The van der Waals surface area contributed by atoms with Gasteiger partial charge in [-0.05, 0) is 30.3 Å². The van der Waals surface area contributed by atoms with Gasteiger partial charge in [-0.2, -0.15) is 5.23 Å². The summed E-state index contributed by atoms with van der Waals surface area (Å²) in [6, 6.07) is 18.9. The molecule has 1 aliphatic heterocycles. The Morgan fingerprint density at radius 3 is 2.52 bits per heavy atom. The van der Waals surface area contributed by atoms with Crippen molar-refractivity contribution < 1.29 is 24.4 Å². The van der Waals surface area contributed by atoms with E-state index >= 15 is 0 Å². The van der Waals surface area contributed by atoms with Crippen LogP contribution in [-0.4, -0.2) is 17.1 Å². The average Bonchev–Trinajstić information content (AvgIpc) is 3.30. The molecule has 27 heavy (non-hydrogen) atoms. The number of nitrogens with one attached hydrogen (secondary N) is 1. The van der Waals surface area contributed by atoms with Crippen molar-refractivity contribution in [1.82, 2.24) is 0 Å². The molecule has 2 heterocycles. The molecular formula is C20H14N2O5. The average molecular weight is 362 g/mol. The summed E-state index contributed by atoms with van der Waals surface area (Å²) >= 11 is 0. The van der Waals surface area contributed by atoms with Crippen LogP contribution in [0.25, 0.3) is 17.4 Å². The molecule has 1 aliphatic rings. The predicted molar refractivity (Wildman–Crippen MR) is 97.0 cm³/mol. The third kappa shape index (κ3) is 3.42. The number of carbonyl (C=O) groups is 1. The summed E-state index contributed by atoms with van der Waals surface area (Å²) in [6.07, 6.45) is 1.46. The van der Waals surface area contributed by atoms with E-state index in [4.69, 9.17) is 9.15 Å². The Morgan fingerprint density at radius 2 is 1.74 bits per heavy atom. The Balaban J connectivity index is 1.65. The van der Waals surface area contributed by atoms with Gasteiger partial charge in [-0.3, -0.25) is 0 Å². The third-order valence-corrected chi connectivity index (χ3v) is 3.97. The number of quaternary nitrogens is 1. The summed E-state index contributed by atoms with van der Waals surface area (Å²) < 4.78 is 10.9. The first kappa shape index (κ1) is 16.9. The molecule has 0 radical (unpaired) electrons. The molecule has 0 spiro atoms. The second kappa shape index (κ2) is 7.00. The van der Waals surface area contributed by atoms with Crippen LogP contribution in [0.1, 0.15) is 11.3 Å². The number of para-hydroxylation sites is 1. The largest absolute Gasteiger partial charge is 0.595 e. The molecule has 1 atom stereocenters. The second-order valence-corrected chi connectivity index (χ2v) is 5.75. The van der Waals surface area contributed by atoms with Crippen molar-refractivity contribution in [2.45, 2.75) is 0 Å². The number of furan rings is 1. The van der Waals surface area contributed by atoms with Crippen LogP contribution < -0.4 is 5.23 Å². The Kier molecular flexibility index (Phi) is 4.39. The first-order valence-corrected chi connectivity index (χ1v) is 8.12. The maximum Gasteiger partial charge on any atom is 0.363 e. The van der Waals surface area contributed by atoms with E-state index in [1.54, 1.807) is 42.5 Å². The van der Waals surface area contributed by atoms with Crippen LogP contribution >= 0.6 is 0 Å². The predicted octanol–water partition coefficient (Wildman–Crippen LogP) is 2.69. The second-order valence-electron chi connectivity index (χ2n) is 5.75. The fourth-order valence-corrected chi connectivity index (χ4v) is 2.71. The Labute approximate surface area is 154 Å². The zero-order chi connectivity index (χ0) is 18.8. The number of cyclic esters (lactones) is 1. The van der Waals surface area contributed by atoms with Crippen molar-refractivity contribution in [3.63, 3.8) is 0 Å². The molecule has 2 N–H and O–H groups in total. The Morgan fingerprint density at radius 1 is 1.00 bits per heavy atom. The number of hydrogen-bond donors (Lipinski definition) is 2. The normalized spacial score (nSPS) is 16.3.